The average molecular weight is 297 g/mol. The Bertz CT molecular complexity index is 511. The number of thiazole rings is 2. The van der Waals surface area contributed by atoms with Gasteiger partial charge >= 0.3 is 5.97 Å². The molecular formula is C12H15N3O2S2. The van der Waals surface area contributed by atoms with Gasteiger partial charge in [-0.3, -0.25) is 4.79 Å². The molecule has 2 heterocycles. The summed E-state index contributed by atoms with van der Waals surface area (Å²) in [7, 11) is 0. The Labute approximate surface area is 119 Å². The first-order valence-corrected chi connectivity index (χ1v) is 7.81. The van der Waals surface area contributed by atoms with Gasteiger partial charge in [0, 0.05) is 17.2 Å². The lowest BCUT2D eigenvalue weighted by molar-refractivity contribution is -0.143. The maximum Gasteiger partial charge on any atom is 0.306 e. The molecule has 0 amide bonds. The van der Waals surface area contributed by atoms with Gasteiger partial charge in [-0.25, -0.2) is 9.97 Å². The molecule has 0 aromatic carbocycles. The van der Waals surface area contributed by atoms with Crippen molar-refractivity contribution in [1.29, 1.82) is 0 Å². The summed E-state index contributed by atoms with van der Waals surface area (Å²) in [6, 6.07) is 0. The average Bonchev–Trinajstić information content (AvgIpc) is 3.06. The Morgan fingerprint density at radius 2 is 2.32 bits per heavy atom. The van der Waals surface area contributed by atoms with E-state index in [9.17, 15) is 4.79 Å². The number of aromatic nitrogens is 2. The van der Waals surface area contributed by atoms with Gasteiger partial charge in [0.15, 0.2) is 5.13 Å². The molecule has 7 heteroatoms. The summed E-state index contributed by atoms with van der Waals surface area (Å²) in [6.07, 6.45) is 0.997. The van der Waals surface area contributed by atoms with Crippen molar-refractivity contribution in [2.24, 2.45) is 0 Å². The summed E-state index contributed by atoms with van der Waals surface area (Å²) in [5, 5.41) is 8.03. The highest BCUT2D eigenvalue weighted by atomic mass is 32.1. The number of nitrogens with zero attached hydrogens (tertiary/aromatic N) is 2. The number of hydrogen-bond donors (Lipinski definition) is 1. The monoisotopic (exact) mass is 297 g/mol. The van der Waals surface area contributed by atoms with Crippen LogP contribution in [-0.2, 0) is 22.5 Å². The fourth-order valence-electron chi connectivity index (χ4n) is 1.46. The first-order valence-electron chi connectivity index (χ1n) is 5.99. The van der Waals surface area contributed by atoms with Gasteiger partial charge in [-0.15, -0.1) is 22.7 Å². The molecule has 0 spiro atoms. The number of anilines is 1. The number of rotatable bonds is 7. The van der Waals surface area contributed by atoms with Gasteiger partial charge in [-0.2, -0.15) is 0 Å². The third-order valence-electron chi connectivity index (χ3n) is 2.35. The molecule has 0 radical (unpaired) electrons. The first-order chi connectivity index (χ1) is 9.28. The molecular weight excluding hydrogens is 282 g/mol. The summed E-state index contributed by atoms with van der Waals surface area (Å²) in [4.78, 5) is 19.8. The quantitative estimate of drug-likeness (QED) is 0.796. The standard InChI is InChI=1S/C12H15N3O2S2/c1-2-17-11(16)4-3-9-7-19-12(15-9)13-5-10-6-18-8-14-10/h6-8H,2-5H2,1H3,(H,13,15). The normalized spacial score (nSPS) is 10.4. The number of carbonyl (C=O) groups is 1. The summed E-state index contributed by atoms with van der Waals surface area (Å²) >= 11 is 3.11. The summed E-state index contributed by atoms with van der Waals surface area (Å²) in [5.74, 6) is -0.174. The van der Waals surface area contributed by atoms with E-state index in [1.807, 2.05) is 16.3 Å². The largest absolute Gasteiger partial charge is 0.466 e. The maximum atomic E-state index is 11.2. The van der Waals surface area contributed by atoms with Gasteiger partial charge in [0.1, 0.15) is 0 Å². The van der Waals surface area contributed by atoms with Crippen molar-refractivity contribution in [1.82, 2.24) is 9.97 Å². The van der Waals surface area contributed by atoms with Crippen LogP contribution in [0.25, 0.3) is 0 Å². The van der Waals surface area contributed by atoms with Crippen LogP contribution in [0.1, 0.15) is 24.7 Å². The van der Waals surface area contributed by atoms with E-state index in [4.69, 9.17) is 4.74 Å². The number of esters is 1. The van der Waals surface area contributed by atoms with Crippen LogP contribution in [0.5, 0.6) is 0 Å². The smallest absolute Gasteiger partial charge is 0.306 e. The molecule has 5 nitrogen and oxygen atoms in total. The Balaban J connectivity index is 1.77. The van der Waals surface area contributed by atoms with Crippen molar-refractivity contribution in [3.63, 3.8) is 0 Å². The van der Waals surface area contributed by atoms with Gasteiger partial charge in [0.25, 0.3) is 0 Å². The van der Waals surface area contributed by atoms with Crippen LogP contribution in [0.4, 0.5) is 5.13 Å². The zero-order valence-electron chi connectivity index (χ0n) is 10.6. The van der Waals surface area contributed by atoms with E-state index in [1.54, 1.807) is 18.3 Å². The Morgan fingerprint density at radius 3 is 3.05 bits per heavy atom. The van der Waals surface area contributed by atoms with Crippen LogP contribution in [-0.4, -0.2) is 22.5 Å². The van der Waals surface area contributed by atoms with Gasteiger partial charge in [-0.05, 0) is 6.92 Å². The van der Waals surface area contributed by atoms with Crippen molar-refractivity contribution >= 4 is 33.8 Å². The Hall–Kier alpha value is -1.47. The van der Waals surface area contributed by atoms with Crippen molar-refractivity contribution < 1.29 is 9.53 Å². The molecule has 2 aromatic rings. The van der Waals surface area contributed by atoms with Gasteiger partial charge in [-0.1, -0.05) is 0 Å². The molecule has 2 aromatic heterocycles. The summed E-state index contributed by atoms with van der Waals surface area (Å²) < 4.78 is 4.88. The van der Waals surface area contributed by atoms with E-state index in [0.717, 1.165) is 16.5 Å². The van der Waals surface area contributed by atoms with E-state index in [0.29, 0.717) is 26.0 Å². The van der Waals surface area contributed by atoms with Gasteiger partial charge in [0.05, 0.1) is 36.5 Å². The Kier molecular flexibility index (Phi) is 5.29. The van der Waals surface area contributed by atoms with E-state index in [-0.39, 0.29) is 5.97 Å². The second kappa shape index (κ2) is 7.20. The number of ether oxygens (including phenoxy) is 1. The molecule has 0 saturated heterocycles. The second-order valence-corrected chi connectivity index (χ2v) is 5.36. The topological polar surface area (TPSA) is 64.1 Å². The van der Waals surface area contributed by atoms with Crippen molar-refractivity contribution in [3.05, 3.63) is 27.7 Å². The molecule has 2 rings (SSSR count). The van der Waals surface area contributed by atoms with Crippen LogP contribution in [0.3, 0.4) is 0 Å². The number of hydrogen-bond acceptors (Lipinski definition) is 7. The predicted octanol–water partition coefficient (Wildman–Crippen LogP) is 2.71. The summed E-state index contributed by atoms with van der Waals surface area (Å²) in [6.45, 7) is 2.91. The molecule has 102 valence electrons. The minimum absolute atomic E-state index is 0.174. The third-order valence-corrected chi connectivity index (χ3v) is 3.83. The molecule has 0 aliphatic heterocycles. The summed E-state index contributed by atoms with van der Waals surface area (Å²) in [5.41, 5.74) is 3.73. The van der Waals surface area contributed by atoms with Crippen LogP contribution >= 0.6 is 22.7 Å². The van der Waals surface area contributed by atoms with Crippen molar-refractivity contribution in [3.8, 4) is 0 Å². The fraction of sp³-hybridized carbons (Fsp3) is 0.417. The lowest BCUT2D eigenvalue weighted by Gasteiger charge is -2.00. The van der Waals surface area contributed by atoms with Crippen molar-refractivity contribution in [2.45, 2.75) is 26.3 Å². The molecule has 0 bridgehead atoms. The molecule has 0 unspecified atom stereocenters. The van der Waals surface area contributed by atoms with Crippen LogP contribution in [0, 0.1) is 0 Å². The fourth-order valence-corrected chi connectivity index (χ4v) is 2.76. The molecule has 1 N–H and O–H groups in total. The van der Waals surface area contributed by atoms with E-state index >= 15 is 0 Å². The van der Waals surface area contributed by atoms with Crippen LogP contribution in [0.15, 0.2) is 16.3 Å². The second-order valence-electron chi connectivity index (χ2n) is 3.78. The highest BCUT2D eigenvalue weighted by molar-refractivity contribution is 7.13. The van der Waals surface area contributed by atoms with E-state index in [1.165, 1.54) is 11.3 Å². The van der Waals surface area contributed by atoms with E-state index < -0.39 is 0 Å². The predicted molar refractivity (Wildman–Crippen MR) is 76.5 cm³/mol. The van der Waals surface area contributed by atoms with Crippen LogP contribution in [0.2, 0.25) is 0 Å². The molecule has 0 aliphatic carbocycles. The number of nitrogens with one attached hydrogen (secondary N) is 1. The molecule has 0 aliphatic rings. The van der Waals surface area contributed by atoms with E-state index in [2.05, 4.69) is 15.3 Å². The van der Waals surface area contributed by atoms with Gasteiger partial charge in [0.2, 0.25) is 0 Å². The highest BCUT2D eigenvalue weighted by Crippen LogP contribution is 2.17. The zero-order valence-corrected chi connectivity index (χ0v) is 12.2. The van der Waals surface area contributed by atoms with Gasteiger partial charge < -0.3 is 10.1 Å². The van der Waals surface area contributed by atoms with Crippen LogP contribution < -0.4 is 5.32 Å². The molecule has 0 fully saturated rings. The number of carbonyl (C=O) groups excluding carboxylic acids is 1. The van der Waals surface area contributed by atoms with Crippen molar-refractivity contribution in [2.75, 3.05) is 11.9 Å². The lowest BCUT2D eigenvalue weighted by atomic mass is 10.2. The highest BCUT2D eigenvalue weighted by Gasteiger charge is 2.06. The minimum atomic E-state index is -0.174. The third kappa shape index (κ3) is 4.60. The minimum Gasteiger partial charge on any atom is -0.466 e. The zero-order chi connectivity index (χ0) is 13.5. The molecule has 0 saturated carbocycles. The maximum absolute atomic E-state index is 11.2. The molecule has 0 atom stereocenters. The first kappa shape index (κ1) is 14.0. The lowest BCUT2D eigenvalue weighted by Crippen LogP contribution is -2.05. The number of aryl methyl sites for hydroxylation is 1. The SMILES string of the molecule is CCOC(=O)CCc1csc(NCc2cscn2)n1. The molecule has 19 heavy (non-hydrogen) atoms. The Morgan fingerprint density at radius 1 is 1.42 bits per heavy atom.